The van der Waals surface area contributed by atoms with Crippen molar-refractivity contribution in [1.82, 2.24) is 5.16 Å². The van der Waals surface area contributed by atoms with Crippen molar-refractivity contribution in [2.45, 2.75) is 0 Å². The lowest BCUT2D eigenvalue weighted by Gasteiger charge is -1.99. The summed E-state index contributed by atoms with van der Waals surface area (Å²) in [6, 6.07) is 9.26. The Hall–Kier alpha value is -1.77. The summed E-state index contributed by atoms with van der Waals surface area (Å²) in [5.74, 6) is 1.54. The third-order valence-electron chi connectivity index (χ3n) is 1.77. The van der Waals surface area contributed by atoms with Crippen LogP contribution >= 0.6 is 0 Å². The maximum atomic E-state index is 5.03. The summed E-state index contributed by atoms with van der Waals surface area (Å²) in [6.45, 7) is 0. The predicted molar refractivity (Wildman–Crippen MR) is 47.3 cm³/mol. The quantitative estimate of drug-likeness (QED) is 0.699. The highest BCUT2D eigenvalue weighted by atomic mass is 16.5. The molecule has 1 aromatic heterocycles. The van der Waals surface area contributed by atoms with Crippen LogP contribution in [0, 0.1) is 6.20 Å². The molecule has 2 rings (SSSR count). The minimum absolute atomic E-state index is 0.711. The third kappa shape index (κ3) is 1.54. The SMILES string of the molecule is COc1ccc(-c2c[c]no2)cc1. The third-order valence-corrected chi connectivity index (χ3v) is 1.77. The van der Waals surface area contributed by atoms with Gasteiger partial charge in [-0.15, -0.1) is 0 Å². The molecule has 0 saturated carbocycles. The molecule has 65 valence electrons. The number of methoxy groups -OCH3 is 1. The van der Waals surface area contributed by atoms with Crippen molar-refractivity contribution in [3.63, 3.8) is 0 Å². The van der Waals surface area contributed by atoms with Gasteiger partial charge in [-0.25, -0.2) is 0 Å². The fourth-order valence-corrected chi connectivity index (χ4v) is 1.08. The molecule has 13 heavy (non-hydrogen) atoms. The van der Waals surface area contributed by atoms with E-state index in [9.17, 15) is 0 Å². The molecule has 0 fully saturated rings. The molecule has 0 aliphatic carbocycles. The zero-order chi connectivity index (χ0) is 9.10. The molecule has 1 heterocycles. The Bertz CT molecular complexity index is 364. The molecular weight excluding hydrogens is 166 g/mol. The zero-order valence-electron chi connectivity index (χ0n) is 7.15. The molecule has 0 N–H and O–H groups in total. The average Bonchev–Trinajstić information content (AvgIpc) is 2.71. The summed E-state index contributed by atoms with van der Waals surface area (Å²) in [5.41, 5.74) is 0.967. The molecule has 0 spiro atoms. The number of hydrogen-bond donors (Lipinski definition) is 0. The first kappa shape index (κ1) is 7.86. The number of nitrogens with zero attached hydrogens (tertiary/aromatic N) is 1. The first-order valence-electron chi connectivity index (χ1n) is 3.87. The highest BCUT2D eigenvalue weighted by Crippen LogP contribution is 2.21. The molecule has 3 nitrogen and oxygen atoms in total. The summed E-state index contributed by atoms with van der Waals surface area (Å²) in [4.78, 5) is 0. The molecule has 1 aromatic carbocycles. The van der Waals surface area contributed by atoms with Crippen LogP contribution in [-0.2, 0) is 0 Å². The predicted octanol–water partition coefficient (Wildman–Crippen LogP) is 2.15. The van der Waals surface area contributed by atoms with Crippen LogP contribution in [0.1, 0.15) is 0 Å². The number of rotatable bonds is 2. The number of ether oxygens (including phenoxy) is 1. The minimum Gasteiger partial charge on any atom is -0.497 e. The minimum atomic E-state index is 0.711. The summed E-state index contributed by atoms with van der Waals surface area (Å²) in [6.07, 6.45) is 2.61. The molecule has 0 amide bonds. The van der Waals surface area contributed by atoms with Gasteiger partial charge in [0, 0.05) is 11.6 Å². The largest absolute Gasteiger partial charge is 0.497 e. The van der Waals surface area contributed by atoms with Crippen molar-refractivity contribution < 1.29 is 9.26 Å². The van der Waals surface area contributed by atoms with Crippen molar-refractivity contribution in [1.29, 1.82) is 0 Å². The van der Waals surface area contributed by atoms with E-state index in [-0.39, 0.29) is 0 Å². The summed E-state index contributed by atoms with van der Waals surface area (Å²) < 4.78 is 9.98. The van der Waals surface area contributed by atoms with Gasteiger partial charge >= 0.3 is 0 Å². The molecule has 0 bridgehead atoms. The number of benzene rings is 1. The van der Waals surface area contributed by atoms with Gasteiger partial charge in [0.25, 0.3) is 0 Å². The molecule has 0 aliphatic rings. The van der Waals surface area contributed by atoms with E-state index in [2.05, 4.69) is 11.4 Å². The lowest BCUT2D eigenvalue weighted by molar-refractivity contribution is 0.414. The van der Waals surface area contributed by atoms with Gasteiger partial charge in [-0.1, -0.05) is 5.16 Å². The van der Waals surface area contributed by atoms with E-state index in [4.69, 9.17) is 9.26 Å². The Balaban J connectivity index is 2.33. The zero-order valence-corrected chi connectivity index (χ0v) is 7.15. The van der Waals surface area contributed by atoms with E-state index in [1.807, 2.05) is 24.3 Å². The van der Waals surface area contributed by atoms with Crippen LogP contribution in [0.15, 0.2) is 34.9 Å². The molecule has 1 radical (unpaired) electrons. The molecule has 3 heteroatoms. The number of aromatic nitrogens is 1. The summed E-state index contributed by atoms with van der Waals surface area (Å²) in [7, 11) is 1.64. The van der Waals surface area contributed by atoms with Crippen LogP contribution in [-0.4, -0.2) is 12.3 Å². The Kier molecular flexibility index (Phi) is 2.00. The van der Waals surface area contributed by atoms with Crippen LogP contribution in [0.25, 0.3) is 11.3 Å². The van der Waals surface area contributed by atoms with Gasteiger partial charge in [0.1, 0.15) is 11.9 Å². The second kappa shape index (κ2) is 3.31. The highest BCUT2D eigenvalue weighted by molar-refractivity contribution is 5.57. The van der Waals surface area contributed by atoms with Crippen LogP contribution in [0.2, 0.25) is 0 Å². The van der Waals surface area contributed by atoms with E-state index in [1.54, 1.807) is 13.2 Å². The van der Waals surface area contributed by atoms with Crippen molar-refractivity contribution in [3.8, 4) is 17.1 Å². The molecular formula is C10H8NO2. The van der Waals surface area contributed by atoms with Crippen LogP contribution in [0.3, 0.4) is 0 Å². The molecule has 0 aliphatic heterocycles. The maximum Gasteiger partial charge on any atom is 0.167 e. The normalized spacial score (nSPS) is 9.92. The van der Waals surface area contributed by atoms with Crippen molar-refractivity contribution >= 4 is 0 Å². The lowest BCUT2D eigenvalue weighted by atomic mass is 10.2. The van der Waals surface area contributed by atoms with Gasteiger partial charge in [0.05, 0.1) is 7.11 Å². The van der Waals surface area contributed by atoms with Gasteiger partial charge in [0.15, 0.2) is 5.76 Å². The second-order valence-corrected chi connectivity index (χ2v) is 2.55. The van der Waals surface area contributed by atoms with Gasteiger partial charge < -0.3 is 9.26 Å². The van der Waals surface area contributed by atoms with E-state index < -0.39 is 0 Å². The summed E-state index contributed by atoms with van der Waals surface area (Å²) >= 11 is 0. The Morgan fingerprint density at radius 3 is 2.62 bits per heavy atom. The summed E-state index contributed by atoms with van der Waals surface area (Å²) in [5, 5.41) is 3.51. The Morgan fingerprint density at radius 2 is 2.08 bits per heavy atom. The fraction of sp³-hybridized carbons (Fsp3) is 0.100. The van der Waals surface area contributed by atoms with Crippen LogP contribution in [0.4, 0.5) is 0 Å². The molecule has 0 unspecified atom stereocenters. The Morgan fingerprint density at radius 1 is 1.31 bits per heavy atom. The van der Waals surface area contributed by atoms with Crippen molar-refractivity contribution in [2.24, 2.45) is 0 Å². The van der Waals surface area contributed by atoms with Crippen molar-refractivity contribution in [2.75, 3.05) is 7.11 Å². The average molecular weight is 174 g/mol. The van der Waals surface area contributed by atoms with E-state index in [0.717, 1.165) is 11.3 Å². The smallest absolute Gasteiger partial charge is 0.167 e. The van der Waals surface area contributed by atoms with E-state index >= 15 is 0 Å². The lowest BCUT2D eigenvalue weighted by Crippen LogP contribution is -1.81. The molecule has 0 saturated heterocycles. The monoisotopic (exact) mass is 174 g/mol. The van der Waals surface area contributed by atoms with Crippen molar-refractivity contribution in [3.05, 3.63) is 36.5 Å². The molecule has 0 atom stereocenters. The second-order valence-electron chi connectivity index (χ2n) is 2.55. The first-order valence-corrected chi connectivity index (χ1v) is 3.87. The van der Waals surface area contributed by atoms with E-state index in [1.165, 1.54) is 0 Å². The van der Waals surface area contributed by atoms with Gasteiger partial charge in [0.2, 0.25) is 0 Å². The van der Waals surface area contributed by atoms with Crippen LogP contribution in [0.5, 0.6) is 5.75 Å². The molecule has 2 aromatic rings. The maximum absolute atomic E-state index is 5.03. The van der Waals surface area contributed by atoms with E-state index in [0.29, 0.717) is 5.76 Å². The first-order chi connectivity index (χ1) is 6.40. The standard InChI is InChI=1S/C10H8NO2/c1-12-9-4-2-8(3-5-9)10-6-7-11-13-10/h2-6H,1H3. The van der Waals surface area contributed by atoms with Gasteiger partial charge in [-0.05, 0) is 24.3 Å². The van der Waals surface area contributed by atoms with Crippen LogP contribution < -0.4 is 4.74 Å². The number of hydrogen-bond acceptors (Lipinski definition) is 3. The van der Waals surface area contributed by atoms with Gasteiger partial charge in [-0.2, -0.15) is 0 Å². The fourth-order valence-electron chi connectivity index (χ4n) is 1.08. The van der Waals surface area contributed by atoms with Gasteiger partial charge in [-0.3, -0.25) is 0 Å². The topological polar surface area (TPSA) is 35.3 Å². The highest BCUT2D eigenvalue weighted by Gasteiger charge is 2.00. The Labute approximate surface area is 75.9 Å².